The maximum Gasteiger partial charge on any atom is 0.198 e. The lowest BCUT2D eigenvalue weighted by Gasteiger charge is -2.21. The summed E-state index contributed by atoms with van der Waals surface area (Å²) in [6, 6.07) is 9.71. The number of hydrogen-bond acceptors (Lipinski definition) is 2. The molecule has 5 N–H and O–H groups in total. The molecule has 86 valence electrons. The Labute approximate surface area is 95.3 Å². The van der Waals surface area contributed by atoms with Gasteiger partial charge in [-0.2, -0.15) is 0 Å². The molecule has 0 radical (unpaired) electrons. The summed E-state index contributed by atoms with van der Waals surface area (Å²) in [6.45, 7) is 2.92. The monoisotopic (exact) mass is 219 g/mol. The van der Waals surface area contributed by atoms with Gasteiger partial charge in [0.1, 0.15) is 0 Å². The molecular weight excluding hydrogens is 202 g/mol. The summed E-state index contributed by atoms with van der Waals surface area (Å²) >= 11 is 0. The van der Waals surface area contributed by atoms with Crippen molar-refractivity contribution < 1.29 is 0 Å². The predicted molar refractivity (Wildman–Crippen MR) is 66.1 cm³/mol. The van der Waals surface area contributed by atoms with Gasteiger partial charge in [-0.3, -0.25) is 15.3 Å². The maximum absolute atomic E-state index is 7.45. The van der Waals surface area contributed by atoms with Gasteiger partial charge in [-0.25, -0.2) is 0 Å². The molecule has 0 aliphatic rings. The van der Waals surface area contributed by atoms with E-state index in [1.54, 1.807) is 0 Å². The Morgan fingerprint density at radius 2 is 1.94 bits per heavy atom. The van der Waals surface area contributed by atoms with Crippen LogP contribution in [0.5, 0.6) is 0 Å². The number of nitrogens with zero attached hydrogens (tertiary/aromatic N) is 2. The van der Waals surface area contributed by atoms with Crippen molar-refractivity contribution in [1.29, 1.82) is 5.41 Å². The van der Waals surface area contributed by atoms with Crippen molar-refractivity contribution >= 4 is 11.9 Å². The van der Waals surface area contributed by atoms with Crippen molar-refractivity contribution in [3.63, 3.8) is 0 Å². The van der Waals surface area contributed by atoms with E-state index in [1.165, 1.54) is 4.90 Å². The zero-order chi connectivity index (χ0) is 12.0. The van der Waals surface area contributed by atoms with Crippen LogP contribution in [-0.2, 0) is 6.54 Å². The van der Waals surface area contributed by atoms with Crippen molar-refractivity contribution in [3.8, 4) is 0 Å². The van der Waals surface area contributed by atoms with Crippen LogP contribution in [0.3, 0.4) is 0 Å². The van der Waals surface area contributed by atoms with Gasteiger partial charge in [0, 0.05) is 6.54 Å². The van der Waals surface area contributed by atoms with Crippen molar-refractivity contribution in [2.24, 2.45) is 16.5 Å². The SMILES string of the molecule is CCN=C(N)N(Cc1ccccc1)C(=N)N. The molecule has 0 atom stereocenters. The highest BCUT2D eigenvalue weighted by Gasteiger charge is 2.10. The van der Waals surface area contributed by atoms with Gasteiger partial charge in [0.25, 0.3) is 0 Å². The molecule has 0 amide bonds. The predicted octanol–water partition coefficient (Wildman–Crippen LogP) is 0.717. The standard InChI is InChI=1S/C11H17N5/c1-2-15-11(14)16(10(12)13)8-9-6-4-3-5-7-9/h3-7H,2,8H2,1H3,(H3,12,13)(H2,14,15). The van der Waals surface area contributed by atoms with E-state index in [2.05, 4.69) is 4.99 Å². The molecule has 16 heavy (non-hydrogen) atoms. The Hall–Kier alpha value is -2.04. The van der Waals surface area contributed by atoms with Gasteiger partial charge in [0.15, 0.2) is 11.9 Å². The summed E-state index contributed by atoms with van der Waals surface area (Å²) in [7, 11) is 0. The van der Waals surface area contributed by atoms with Gasteiger partial charge in [0.05, 0.1) is 6.54 Å². The quantitative estimate of drug-likeness (QED) is 0.516. The molecule has 1 aromatic carbocycles. The summed E-state index contributed by atoms with van der Waals surface area (Å²) in [5.74, 6) is 0.178. The minimum atomic E-state index is -0.0986. The molecule has 5 nitrogen and oxygen atoms in total. The summed E-state index contributed by atoms with van der Waals surface area (Å²) in [5.41, 5.74) is 12.2. The first kappa shape index (κ1) is 12.0. The minimum absolute atomic E-state index is 0.0986. The molecule has 0 aromatic heterocycles. The molecule has 0 bridgehead atoms. The number of nitrogens with one attached hydrogen (secondary N) is 1. The average molecular weight is 219 g/mol. The zero-order valence-electron chi connectivity index (χ0n) is 9.35. The number of nitrogens with two attached hydrogens (primary N) is 2. The van der Waals surface area contributed by atoms with Crippen LogP contribution >= 0.6 is 0 Å². The molecule has 1 rings (SSSR count). The molecule has 5 heteroatoms. The second-order valence-electron chi connectivity index (χ2n) is 3.29. The van der Waals surface area contributed by atoms with Crippen LogP contribution in [0.25, 0.3) is 0 Å². The Bertz CT molecular complexity index is 371. The van der Waals surface area contributed by atoms with Crippen molar-refractivity contribution in [1.82, 2.24) is 4.90 Å². The number of hydrogen-bond donors (Lipinski definition) is 3. The van der Waals surface area contributed by atoms with E-state index in [1.807, 2.05) is 37.3 Å². The molecule has 0 saturated carbocycles. The molecule has 0 aliphatic carbocycles. The second-order valence-corrected chi connectivity index (χ2v) is 3.29. The van der Waals surface area contributed by atoms with Crippen LogP contribution in [0.15, 0.2) is 35.3 Å². The second kappa shape index (κ2) is 5.75. The van der Waals surface area contributed by atoms with Gasteiger partial charge in [-0.1, -0.05) is 30.3 Å². The van der Waals surface area contributed by atoms with E-state index < -0.39 is 0 Å². The Kier molecular flexibility index (Phi) is 4.32. The molecule has 0 aliphatic heterocycles. The third-order valence-electron chi connectivity index (χ3n) is 2.07. The van der Waals surface area contributed by atoms with Crippen LogP contribution in [0.1, 0.15) is 12.5 Å². The highest BCUT2D eigenvalue weighted by atomic mass is 15.3. The highest BCUT2D eigenvalue weighted by molar-refractivity contribution is 5.95. The van der Waals surface area contributed by atoms with E-state index in [0.29, 0.717) is 13.1 Å². The van der Waals surface area contributed by atoms with E-state index in [9.17, 15) is 0 Å². The molecule has 0 unspecified atom stereocenters. The number of guanidine groups is 2. The molecular formula is C11H17N5. The fraction of sp³-hybridized carbons (Fsp3) is 0.273. The number of aliphatic imine (C=N–C) groups is 1. The van der Waals surface area contributed by atoms with Crippen LogP contribution in [-0.4, -0.2) is 23.4 Å². The fourth-order valence-electron chi connectivity index (χ4n) is 1.30. The number of rotatable bonds is 3. The van der Waals surface area contributed by atoms with E-state index >= 15 is 0 Å². The smallest absolute Gasteiger partial charge is 0.198 e. The third-order valence-corrected chi connectivity index (χ3v) is 2.07. The van der Waals surface area contributed by atoms with E-state index in [0.717, 1.165) is 5.56 Å². The number of benzene rings is 1. The van der Waals surface area contributed by atoms with Crippen LogP contribution in [0, 0.1) is 5.41 Å². The lowest BCUT2D eigenvalue weighted by molar-refractivity contribution is 0.583. The summed E-state index contributed by atoms with van der Waals surface area (Å²) < 4.78 is 0. The van der Waals surface area contributed by atoms with Gasteiger partial charge in [-0.15, -0.1) is 0 Å². The van der Waals surface area contributed by atoms with Gasteiger partial charge in [-0.05, 0) is 12.5 Å². The molecule has 0 fully saturated rings. The van der Waals surface area contributed by atoms with Crippen molar-refractivity contribution in [3.05, 3.63) is 35.9 Å². The van der Waals surface area contributed by atoms with Crippen LogP contribution in [0.4, 0.5) is 0 Å². The van der Waals surface area contributed by atoms with Gasteiger partial charge in [0.2, 0.25) is 0 Å². The molecule has 0 saturated heterocycles. The van der Waals surface area contributed by atoms with Gasteiger partial charge < -0.3 is 11.5 Å². The first-order chi connectivity index (χ1) is 7.65. The molecule has 0 spiro atoms. The zero-order valence-corrected chi connectivity index (χ0v) is 9.35. The lowest BCUT2D eigenvalue weighted by Crippen LogP contribution is -2.45. The summed E-state index contributed by atoms with van der Waals surface area (Å²) in [4.78, 5) is 5.51. The van der Waals surface area contributed by atoms with E-state index in [-0.39, 0.29) is 11.9 Å². The van der Waals surface area contributed by atoms with Crippen LogP contribution < -0.4 is 11.5 Å². The molecule has 0 heterocycles. The van der Waals surface area contributed by atoms with Gasteiger partial charge >= 0.3 is 0 Å². The highest BCUT2D eigenvalue weighted by Crippen LogP contribution is 2.03. The normalized spacial score (nSPS) is 11.2. The van der Waals surface area contributed by atoms with Crippen molar-refractivity contribution in [2.75, 3.05) is 6.54 Å². The first-order valence-electron chi connectivity index (χ1n) is 5.10. The lowest BCUT2D eigenvalue weighted by atomic mass is 10.2. The van der Waals surface area contributed by atoms with Crippen molar-refractivity contribution in [2.45, 2.75) is 13.5 Å². The average Bonchev–Trinajstić information content (AvgIpc) is 2.27. The minimum Gasteiger partial charge on any atom is -0.370 e. The van der Waals surface area contributed by atoms with E-state index in [4.69, 9.17) is 16.9 Å². The first-order valence-corrected chi connectivity index (χ1v) is 5.10. The van der Waals surface area contributed by atoms with Crippen LogP contribution in [0.2, 0.25) is 0 Å². The summed E-state index contributed by atoms with van der Waals surface area (Å²) in [6.07, 6.45) is 0. The largest absolute Gasteiger partial charge is 0.370 e. The fourth-order valence-corrected chi connectivity index (χ4v) is 1.30. The summed E-state index contributed by atoms with van der Waals surface area (Å²) in [5, 5.41) is 7.45. The third kappa shape index (κ3) is 3.27. The molecule has 1 aromatic rings. The Morgan fingerprint density at radius 1 is 1.31 bits per heavy atom. The maximum atomic E-state index is 7.45. The Balaban J connectivity index is 2.81. The topological polar surface area (TPSA) is 91.5 Å². The Morgan fingerprint density at radius 3 is 2.44 bits per heavy atom.